The molecule has 5 rings (SSSR count). The minimum Gasteiger partial charge on any atom is -0.352 e. The molecule has 4 aromatic rings. The fourth-order valence-electron chi connectivity index (χ4n) is 4.16. The van der Waals surface area contributed by atoms with E-state index >= 15 is 0 Å². The van der Waals surface area contributed by atoms with Gasteiger partial charge in [0.1, 0.15) is 23.1 Å². The molecule has 1 saturated heterocycles. The van der Waals surface area contributed by atoms with Crippen LogP contribution in [0.25, 0.3) is 22.5 Å². The summed E-state index contributed by atoms with van der Waals surface area (Å²) in [6, 6.07) is 6.81. The maximum atomic E-state index is 14.7. The van der Waals surface area contributed by atoms with Gasteiger partial charge in [0, 0.05) is 68.2 Å². The molecule has 7 nitrogen and oxygen atoms in total. The molecule has 10 heteroatoms. The van der Waals surface area contributed by atoms with Crippen LogP contribution in [0.4, 0.5) is 14.6 Å². The summed E-state index contributed by atoms with van der Waals surface area (Å²) in [4.78, 5) is 34.1. The molecule has 0 atom stereocenters. The predicted molar refractivity (Wildman–Crippen MR) is 133 cm³/mol. The topological polar surface area (TPSA) is 75.1 Å². The Morgan fingerprint density at radius 3 is 2.44 bits per heavy atom. The molecular weight excluding hydrogens is 486 g/mol. The van der Waals surface area contributed by atoms with Gasteiger partial charge in [-0.1, -0.05) is 11.6 Å². The van der Waals surface area contributed by atoms with Gasteiger partial charge in [-0.05, 0) is 36.8 Å². The van der Waals surface area contributed by atoms with Crippen molar-refractivity contribution in [3.8, 4) is 22.5 Å². The quantitative estimate of drug-likeness (QED) is 0.396. The minimum absolute atomic E-state index is 0.0664. The van der Waals surface area contributed by atoms with Crippen molar-refractivity contribution in [3.63, 3.8) is 0 Å². The number of piperazine rings is 1. The van der Waals surface area contributed by atoms with Crippen molar-refractivity contribution in [2.75, 3.05) is 31.1 Å². The Morgan fingerprint density at radius 1 is 0.917 bits per heavy atom. The molecule has 0 spiro atoms. The third-order valence-corrected chi connectivity index (χ3v) is 6.29. The molecule has 0 radical (unpaired) electrons. The number of hydrogen-bond acceptors (Lipinski definition) is 6. The standard InChI is InChI=1S/C26H21ClF2N6O/c1-16-10-17(13-31-12-16)26(36)35-8-6-34(7-9-35)23-15-32-24(20-3-2-18(28)11-22(20)29)25(33-23)19-4-5-30-14-21(19)27/h2-5,10-15H,6-9H2,1H3. The largest absolute Gasteiger partial charge is 0.352 e. The van der Waals surface area contributed by atoms with Gasteiger partial charge in [0.2, 0.25) is 0 Å². The third-order valence-electron chi connectivity index (χ3n) is 5.99. The van der Waals surface area contributed by atoms with Gasteiger partial charge in [-0.25, -0.2) is 18.7 Å². The molecule has 1 aliphatic rings. The summed E-state index contributed by atoms with van der Waals surface area (Å²) in [5.74, 6) is -0.934. The van der Waals surface area contributed by atoms with Crippen molar-refractivity contribution in [3.05, 3.63) is 89.1 Å². The number of aryl methyl sites for hydroxylation is 1. The highest BCUT2D eigenvalue weighted by molar-refractivity contribution is 6.33. The van der Waals surface area contributed by atoms with E-state index in [9.17, 15) is 13.6 Å². The maximum absolute atomic E-state index is 14.7. The first-order valence-corrected chi connectivity index (χ1v) is 11.7. The average molecular weight is 507 g/mol. The first kappa shape index (κ1) is 23.7. The van der Waals surface area contributed by atoms with E-state index < -0.39 is 11.6 Å². The van der Waals surface area contributed by atoms with Crippen molar-refractivity contribution < 1.29 is 13.6 Å². The number of amides is 1. The Bertz CT molecular complexity index is 1440. The molecule has 0 unspecified atom stereocenters. The molecule has 0 saturated carbocycles. The van der Waals surface area contributed by atoms with E-state index in [-0.39, 0.29) is 17.2 Å². The van der Waals surface area contributed by atoms with Gasteiger partial charge >= 0.3 is 0 Å². The molecule has 1 aliphatic heterocycles. The zero-order chi connectivity index (χ0) is 25.2. The van der Waals surface area contributed by atoms with Gasteiger partial charge in [-0.2, -0.15) is 0 Å². The molecule has 0 N–H and O–H groups in total. The third kappa shape index (κ3) is 4.74. The van der Waals surface area contributed by atoms with Crippen LogP contribution in [0.5, 0.6) is 0 Å². The van der Waals surface area contributed by atoms with Gasteiger partial charge < -0.3 is 9.80 Å². The Morgan fingerprint density at radius 2 is 1.72 bits per heavy atom. The fourth-order valence-corrected chi connectivity index (χ4v) is 4.37. The summed E-state index contributed by atoms with van der Waals surface area (Å²) in [6.07, 6.45) is 7.87. The number of halogens is 3. The van der Waals surface area contributed by atoms with Gasteiger partial charge in [-0.3, -0.25) is 14.8 Å². The number of rotatable bonds is 4. The Hall–Kier alpha value is -3.98. The average Bonchev–Trinajstić information content (AvgIpc) is 2.89. The smallest absolute Gasteiger partial charge is 0.255 e. The van der Waals surface area contributed by atoms with Crippen LogP contribution in [-0.2, 0) is 0 Å². The summed E-state index contributed by atoms with van der Waals surface area (Å²) >= 11 is 6.40. The number of anilines is 1. The lowest BCUT2D eigenvalue weighted by Crippen LogP contribution is -2.49. The van der Waals surface area contributed by atoms with Crippen LogP contribution < -0.4 is 4.90 Å². The molecule has 3 aromatic heterocycles. The predicted octanol–water partition coefficient (Wildman–Crippen LogP) is 4.80. The van der Waals surface area contributed by atoms with E-state index in [1.165, 1.54) is 18.3 Å². The summed E-state index contributed by atoms with van der Waals surface area (Å²) in [5.41, 5.74) is 2.72. The van der Waals surface area contributed by atoms with E-state index in [1.807, 2.05) is 17.9 Å². The number of benzene rings is 1. The Balaban J connectivity index is 1.44. The zero-order valence-electron chi connectivity index (χ0n) is 19.3. The van der Waals surface area contributed by atoms with E-state index in [4.69, 9.17) is 16.6 Å². The van der Waals surface area contributed by atoms with Crippen molar-refractivity contribution >= 4 is 23.3 Å². The summed E-state index contributed by atoms with van der Waals surface area (Å²) in [7, 11) is 0. The lowest BCUT2D eigenvalue weighted by molar-refractivity contribution is 0.0746. The molecule has 4 heterocycles. The van der Waals surface area contributed by atoms with E-state index in [1.54, 1.807) is 35.8 Å². The highest BCUT2D eigenvalue weighted by atomic mass is 35.5. The molecule has 1 aromatic carbocycles. The first-order valence-electron chi connectivity index (χ1n) is 11.3. The van der Waals surface area contributed by atoms with Crippen LogP contribution in [0, 0.1) is 18.6 Å². The normalized spacial score (nSPS) is 13.7. The van der Waals surface area contributed by atoms with Gasteiger partial charge in [0.15, 0.2) is 0 Å². The van der Waals surface area contributed by atoms with E-state index in [0.29, 0.717) is 53.8 Å². The van der Waals surface area contributed by atoms with Crippen molar-refractivity contribution in [2.45, 2.75) is 6.92 Å². The highest BCUT2D eigenvalue weighted by Gasteiger charge is 2.25. The molecule has 182 valence electrons. The second-order valence-electron chi connectivity index (χ2n) is 8.44. The lowest BCUT2D eigenvalue weighted by atomic mass is 10.0. The Labute approximate surface area is 211 Å². The number of hydrogen-bond donors (Lipinski definition) is 0. The summed E-state index contributed by atoms with van der Waals surface area (Å²) < 4.78 is 28.2. The Kier molecular flexibility index (Phi) is 6.56. The molecule has 0 bridgehead atoms. The lowest BCUT2D eigenvalue weighted by Gasteiger charge is -2.35. The van der Waals surface area contributed by atoms with Crippen molar-refractivity contribution in [1.29, 1.82) is 0 Å². The monoisotopic (exact) mass is 506 g/mol. The van der Waals surface area contributed by atoms with Gasteiger partial charge in [-0.15, -0.1) is 0 Å². The van der Waals surface area contributed by atoms with Gasteiger partial charge in [0.25, 0.3) is 5.91 Å². The van der Waals surface area contributed by atoms with Crippen LogP contribution in [0.15, 0.2) is 61.3 Å². The van der Waals surface area contributed by atoms with Crippen molar-refractivity contribution in [1.82, 2.24) is 24.8 Å². The zero-order valence-corrected chi connectivity index (χ0v) is 20.1. The number of nitrogens with zero attached hydrogens (tertiary/aromatic N) is 6. The van der Waals surface area contributed by atoms with Crippen LogP contribution in [0.2, 0.25) is 5.02 Å². The highest BCUT2D eigenvalue weighted by Crippen LogP contribution is 2.35. The molecule has 36 heavy (non-hydrogen) atoms. The molecule has 1 fully saturated rings. The van der Waals surface area contributed by atoms with Crippen LogP contribution >= 0.6 is 11.6 Å². The number of carbonyl (C=O) groups is 1. The SMILES string of the molecule is Cc1cncc(C(=O)N2CCN(c3cnc(-c4ccc(F)cc4F)c(-c4ccncc4Cl)n3)CC2)c1. The van der Waals surface area contributed by atoms with E-state index in [2.05, 4.69) is 15.0 Å². The first-order chi connectivity index (χ1) is 17.4. The molecule has 1 amide bonds. The second-order valence-corrected chi connectivity index (χ2v) is 8.84. The van der Waals surface area contributed by atoms with Gasteiger partial charge in [0.05, 0.1) is 22.5 Å². The molecule has 0 aliphatic carbocycles. The van der Waals surface area contributed by atoms with Crippen molar-refractivity contribution in [2.24, 2.45) is 0 Å². The fraction of sp³-hybridized carbons (Fsp3) is 0.192. The van der Waals surface area contributed by atoms with E-state index in [0.717, 1.165) is 11.6 Å². The van der Waals surface area contributed by atoms with Crippen LogP contribution in [-0.4, -0.2) is 56.9 Å². The maximum Gasteiger partial charge on any atom is 0.255 e. The summed E-state index contributed by atoms with van der Waals surface area (Å²) in [6.45, 7) is 3.96. The number of aromatic nitrogens is 4. The number of carbonyl (C=O) groups excluding carboxylic acids is 1. The number of pyridine rings is 2. The molecular formula is C26H21ClF2N6O. The van der Waals surface area contributed by atoms with Crippen LogP contribution in [0.1, 0.15) is 15.9 Å². The second kappa shape index (κ2) is 9.94. The minimum atomic E-state index is -0.749. The van der Waals surface area contributed by atoms with Crippen LogP contribution in [0.3, 0.4) is 0 Å². The summed E-state index contributed by atoms with van der Waals surface area (Å²) in [5, 5.41) is 0.329.